The number of carbonyl (C=O) groups is 3. The lowest BCUT2D eigenvalue weighted by Crippen LogP contribution is -2.34. The number of nitrogens with one attached hydrogen (secondary N) is 3. The first kappa shape index (κ1) is 34.8. The maximum absolute atomic E-state index is 13.7. The minimum Gasteiger partial charge on any atom is -0.466 e. The van der Waals surface area contributed by atoms with Crippen LogP contribution in [0.5, 0.6) is 0 Å². The van der Waals surface area contributed by atoms with Crippen molar-refractivity contribution >= 4 is 40.7 Å². The third-order valence-electron chi connectivity index (χ3n) is 7.72. The zero-order valence-corrected chi connectivity index (χ0v) is 27.4. The van der Waals surface area contributed by atoms with E-state index < -0.39 is 6.09 Å². The molecule has 2 heterocycles. The molecule has 12 nitrogen and oxygen atoms in total. The second-order valence-corrected chi connectivity index (χ2v) is 11.0. The molecule has 0 spiro atoms. The molecule has 0 aliphatic rings. The second kappa shape index (κ2) is 17.0. The van der Waals surface area contributed by atoms with Gasteiger partial charge < -0.3 is 19.4 Å². The van der Waals surface area contributed by atoms with Gasteiger partial charge in [0.15, 0.2) is 0 Å². The number of fused-ring (bicyclic) bond motifs is 1. The van der Waals surface area contributed by atoms with Gasteiger partial charge in [-0.2, -0.15) is 0 Å². The van der Waals surface area contributed by atoms with E-state index in [2.05, 4.69) is 22.5 Å². The van der Waals surface area contributed by atoms with Gasteiger partial charge in [-0.15, -0.1) is 0 Å². The molecule has 0 saturated heterocycles. The van der Waals surface area contributed by atoms with Gasteiger partial charge in [0.2, 0.25) is 0 Å². The molecule has 3 N–H and O–H groups in total. The van der Waals surface area contributed by atoms with Crippen LogP contribution in [0.2, 0.25) is 0 Å². The number of anilines is 1. The zero-order chi connectivity index (χ0) is 33.8. The fourth-order valence-electron chi connectivity index (χ4n) is 5.23. The van der Waals surface area contributed by atoms with Crippen molar-refractivity contribution in [3.63, 3.8) is 0 Å². The van der Waals surface area contributed by atoms with Crippen LogP contribution in [-0.4, -0.2) is 65.1 Å². The molecule has 0 aliphatic heterocycles. The van der Waals surface area contributed by atoms with E-state index in [1.165, 1.54) is 4.90 Å². The van der Waals surface area contributed by atoms with Gasteiger partial charge in [-0.25, -0.2) is 14.8 Å². The number of hydrogen-bond donors (Lipinski definition) is 3. The third-order valence-corrected chi connectivity index (χ3v) is 7.72. The van der Waals surface area contributed by atoms with E-state index in [0.29, 0.717) is 29.1 Å². The molecule has 0 aliphatic carbocycles. The quantitative estimate of drug-likeness (QED) is 0.0665. The molecule has 248 valence electrons. The van der Waals surface area contributed by atoms with E-state index in [9.17, 15) is 14.4 Å². The number of imidazole rings is 1. The number of hydrogen-bond acceptors (Lipinski definition) is 9. The average molecular weight is 642 g/mol. The van der Waals surface area contributed by atoms with Gasteiger partial charge in [0, 0.05) is 30.9 Å². The lowest BCUT2D eigenvalue weighted by Gasteiger charge is -2.21. The first-order valence-corrected chi connectivity index (χ1v) is 15.9. The van der Waals surface area contributed by atoms with Crippen molar-refractivity contribution in [3.05, 3.63) is 89.4 Å². The Balaban J connectivity index is 1.50. The third kappa shape index (κ3) is 9.01. The van der Waals surface area contributed by atoms with E-state index >= 15 is 0 Å². The Morgan fingerprint density at radius 3 is 2.43 bits per heavy atom. The minimum absolute atomic E-state index is 0.0352. The monoisotopic (exact) mass is 641 g/mol. The Kier molecular flexibility index (Phi) is 12.6. The molecule has 2 aromatic carbocycles. The number of carbonyl (C=O) groups excluding carboxylic acids is 3. The van der Waals surface area contributed by atoms with Gasteiger partial charge in [-0.3, -0.25) is 25.2 Å². The number of pyridine rings is 1. The predicted molar refractivity (Wildman–Crippen MR) is 181 cm³/mol. The normalized spacial score (nSPS) is 11.6. The molecule has 12 heteroatoms. The molecule has 1 unspecified atom stereocenters. The summed E-state index contributed by atoms with van der Waals surface area (Å²) in [6.07, 6.45) is 5.01. The SMILES string of the molecule is CCCCCCOC(=O)NC(=N)c1ccc(C(NC)c2nc3cc(C(=O)N(CCC(=O)OCC)c4ccccn4)ccc3n2C)cc1. The Bertz CT molecular complexity index is 1670. The molecule has 47 heavy (non-hydrogen) atoms. The number of benzene rings is 2. The minimum atomic E-state index is -0.636. The number of ether oxygens (including phenoxy) is 2. The highest BCUT2D eigenvalue weighted by Crippen LogP contribution is 2.27. The van der Waals surface area contributed by atoms with Crippen LogP contribution in [0.3, 0.4) is 0 Å². The maximum Gasteiger partial charge on any atom is 0.412 e. The summed E-state index contributed by atoms with van der Waals surface area (Å²) in [7, 11) is 3.75. The van der Waals surface area contributed by atoms with Crippen molar-refractivity contribution < 1.29 is 23.9 Å². The van der Waals surface area contributed by atoms with Crippen molar-refractivity contribution in [1.82, 2.24) is 25.2 Å². The average Bonchev–Trinajstić information content (AvgIpc) is 3.40. The predicted octanol–water partition coefficient (Wildman–Crippen LogP) is 5.51. The van der Waals surface area contributed by atoms with Crippen LogP contribution in [0, 0.1) is 5.41 Å². The molecule has 2 amide bonds. The molecule has 4 rings (SSSR count). The number of alkyl carbamates (subject to hydrolysis) is 1. The Labute approximate surface area is 275 Å². The van der Waals surface area contributed by atoms with E-state index in [4.69, 9.17) is 19.9 Å². The Morgan fingerprint density at radius 1 is 0.979 bits per heavy atom. The van der Waals surface area contributed by atoms with E-state index in [1.807, 2.05) is 36.9 Å². The van der Waals surface area contributed by atoms with Crippen molar-refractivity contribution in [2.24, 2.45) is 7.05 Å². The van der Waals surface area contributed by atoms with Crippen LogP contribution < -0.4 is 15.5 Å². The highest BCUT2D eigenvalue weighted by Gasteiger charge is 2.23. The summed E-state index contributed by atoms with van der Waals surface area (Å²) in [6.45, 7) is 4.57. The van der Waals surface area contributed by atoms with Crippen LogP contribution in [0.4, 0.5) is 10.6 Å². The number of amides is 2. The summed E-state index contributed by atoms with van der Waals surface area (Å²) in [5.74, 6) is 0.423. The highest BCUT2D eigenvalue weighted by molar-refractivity contribution is 6.07. The number of esters is 1. The second-order valence-electron chi connectivity index (χ2n) is 11.0. The molecular formula is C35H43N7O5. The van der Waals surface area contributed by atoms with Gasteiger partial charge in [0.25, 0.3) is 5.91 Å². The van der Waals surface area contributed by atoms with Crippen LogP contribution in [-0.2, 0) is 21.3 Å². The molecule has 0 radical (unpaired) electrons. The van der Waals surface area contributed by atoms with Crippen molar-refractivity contribution in [2.45, 2.75) is 52.0 Å². The summed E-state index contributed by atoms with van der Waals surface area (Å²) < 4.78 is 12.2. The summed E-state index contributed by atoms with van der Waals surface area (Å²) in [5, 5.41) is 14.1. The molecule has 1 atom stereocenters. The van der Waals surface area contributed by atoms with E-state index in [0.717, 1.165) is 42.6 Å². The molecule has 0 saturated carbocycles. The number of rotatable bonds is 15. The van der Waals surface area contributed by atoms with Gasteiger partial charge >= 0.3 is 12.1 Å². The van der Waals surface area contributed by atoms with Crippen LogP contribution in [0.25, 0.3) is 11.0 Å². The van der Waals surface area contributed by atoms with E-state index in [1.54, 1.807) is 55.6 Å². The summed E-state index contributed by atoms with van der Waals surface area (Å²) in [4.78, 5) is 48.6. The number of unbranched alkanes of at least 4 members (excludes halogenated alkanes) is 3. The van der Waals surface area contributed by atoms with E-state index in [-0.39, 0.29) is 43.3 Å². The molecule has 4 aromatic rings. The smallest absolute Gasteiger partial charge is 0.412 e. The molecular weight excluding hydrogens is 598 g/mol. The zero-order valence-electron chi connectivity index (χ0n) is 27.4. The molecule has 2 aromatic heterocycles. The Hall–Kier alpha value is -5.10. The van der Waals surface area contributed by atoms with Crippen molar-refractivity contribution in [1.29, 1.82) is 5.41 Å². The van der Waals surface area contributed by atoms with Crippen LogP contribution in [0.15, 0.2) is 66.9 Å². The molecule has 0 fully saturated rings. The topological polar surface area (TPSA) is 152 Å². The lowest BCUT2D eigenvalue weighted by atomic mass is 10.0. The fourth-order valence-corrected chi connectivity index (χ4v) is 5.23. The fraction of sp³-hybridized carbons (Fsp3) is 0.371. The first-order chi connectivity index (χ1) is 22.8. The van der Waals surface area contributed by atoms with Crippen LogP contribution in [0.1, 0.15) is 79.3 Å². The standard InChI is InChI=1S/C35H43N7O5/c1-5-7-8-11-22-47-35(45)40-32(36)25-15-13-24(14-16-25)31(37-3)33-39-27-23-26(17-18-28(27)41(33)4)34(44)42(21-19-30(43)46-6-2)29-12-9-10-20-38-29/h9-10,12-18,20,23,31,37H,5-8,11,19,21-22H2,1-4H3,(H2,36,40,45). The number of aryl methyl sites for hydroxylation is 1. The van der Waals surface area contributed by atoms with Gasteiger partial charge in [-0.1, -0.05) is 56.5 Å². The number of amidine groups is 1. The van der Waals surface area contributed by atoms with Gasteiger partial charge in [-0.05, 0) is 56.3 Å². The van der Waals surface area contributed by atoms with Gasteiger partial charge in [0.1, 0.15) is 17.5 Å². The maximum atomic E-state index is 13.7. The summed E-state index contributed by atoms with van der Waals surface area (Å²) in [5.41, 5.74) is 3.32. The van der Waals surface area contributed by atoms with Crippen molar-refractivity contribution in [3.8, 4) is 0 Å². The molecule has 0 bridgehead atoms. The lowest BCUT2D eigenvalue weighted by molar-refractivity contribution is -0.142. The summed E-state index contributed by atoms with van der Waals surface area (Å²) >= 11 is 0. The first-order valence-electron chi connectivity index (χ1n) is 15.9. The highest BCUT2D eigenvalue weighted by atomic mass is 16.5. The number of aromatic nitrogens is 3. The van der Waals surface area contributed by atoms with Crippen molar-refractivity contribution in [2.75, 3.05) is 31.7 Å². The Morgan fingerprint density at radius 2 is 1.74 bits per heavy atom. The van der Waals surface area contributed by atoms with Gasteiger partial charge in [0.05, 0.1) is 36.7 Å². The summed E-state index contributed by atoms with van der Waals surface area (Å²) in [6, 6.07) is 17.6. The largest absolute Gasteiger partial charge is 0.466 e. The van der Waals surface area contributed by atoms with Crippen LogP contribution >= 0.6 is 0 Å². The number of nitrogens with zero attached hydrogens (tertiary/aromatic N) is 4.